The Morgan fingerprint density at radius 3 is 1.38 bits per heavy atom. The Morgan fingerprint density at radius 1 is 0.615 bits per heavy atom. The first-order chi connectivity index (χ1) is 6.41. The number of hydrogen-bond acceptors (Lipinski definition) is 0. The van der Waals surface area contributed by atoms with Crippen molar-refractivity contribution in [3.8, 4) is 65.1 Å². The zero-order valence-electron chi connectivity index (χ0n) is 6.71. The van der Waals surface area contributed by atoms with E-state index in [9.17, 15) is 0 Å². The first-order valence-electron chi connectivity index (χ1n) is 3.10. The van der Waals surface area contributed by atoms with Crippen molar-refractivity contribution in [2.45, 2.75) is 0 Å². The van der Waals surface area contributed by atoms with Crippen LogP contribution in [0.15, 0.2) is 0 Å². The van der Waals surface area contributed by atoms with Gasteiger partial charge in [-0.1, -0.05) is 0 Å². The largest absolute Gasteiger partial charge is 0.358 e. The van der Waals surface area contributed by atoms with Crippen molar-refractivity contribution in [3.05, 3.63) is 13.3 Å². The van der Waals surface area contributed by atoms with Crippen molar-refractivity contribution in [1.82, 2.24) is 0 Å². The third kappa shape index (κ3) is 9.23. The molecule has 0 aliphatic carbocycles. The maximum atomic E-state index is 6.42. The van der Waals surface area contributed by atoms with Crippen molar-refractivity contribution in [3.63, 3.8) is 0 Å². The van der Waals surface area contributed by atoms with E-state index in [1.54, 1.807) is 0 Å². The topological polar surface area (TPSA) is 0 Å². The van der Waals surface area contributed by atoms with E-state index in [-0.39, 0.29) is 0 Å². The predicted molar refractivity (Wildman–Crippen MR) is 51.4 cm³/mol. The van der Waals surface area contributed by atoms with Crippen LogP contribution in [0.5, 0.6) is 0 Å². The summed E-state index contributed by atoms with van der Waals surface area (Å²) in [7, 11) is 0. The van der Waals surface area contributed by atoms with E-state index in [4.69, 9.17) is 6.42 Å². The van der Waals surface area contributed by atoms with E-state index >= 15 is 0 Å². The predicted octanol–water partition coefficient (Wildman–Crippen LogP) is 0.427. The first-order valence-corrected chi connectivity index (χ1v) is 3.10. The standard InChI is InChI=1S/C13H2/c1-3-5-7-9-11-13-12-10-8-6-4-2/h1H2/q-2. The van der Waals surface area contributed by atoms with Gasteiger partial charge in [-0.15, -0.1) is 11.8 Å². The van der Waals surface area contributed by atoms with Gasteiger partial charge in [0, 0.05) is 0 Å². The highest BCUT2D eigenvalue weighted by molar-refractivity contribution is 5.43. The summed E-state index contributed by atoms with van der Waals surface area (Å²) in [4.78, 5) is 0. The second-order valence-corrected chi connectivity index (χ2v) is 1.43. The van der Waals surface area contributed by atoms with Crippen LogP contribution in [0.3, 0.4) is 0 Å². The molecule has 56 valence electrons. The minimum Gasteiger partial charge on any atom is -0.358 e. The van der Waals surface area contributed by atoms with Gasteiger partial charge < -0.3 is 6.42 Å². The Morgan fingerprint density at radius 2 is 1.00 bits per heavy atom. The quantitative estimate of drug-likeness (QED) is 0.354. The molecule has 0 N–H and O–H groups in total. The molecule has 0 saturated heterocycles. The lowest BCUT2D eigenvalue weighted by atomic mass is 10.5. The Balaban J connectivity index is 4.14. The Labute approximate surface area is 79.1 Å². The smallest absolute Gasteiger partial charge is 0.000116 e. The SMILES string of the molecule is [C-]#CC#CC#CC#CC#CC#C[CH2-]. The highest BCUT2D eigenvalue weighted by Crippen LogP contribution is 1.55. The molecule has 0 saturated carbocycles. The van der Waals surface area contributed by atoms with Crippen LogP contribution < -0.4 is 0 Å². The van der Waals surface area contributed by atoms with Gasteiger partial charge in [-0.2, -0.15) is 6.92 Å². The highest BCUT2D eigenvalue weighted by atomic mass is 13.6. The fourth-order valence-corrected chi connectivity index (χ4v) is 0.294. The average Bonchev–Trinajstić information content (AvgIpc) is 2.16. The molecule has 0 amide bonds. The van der Waals surface area contributed by atoms with Crippen molar-refractivity contribution in [2.24, 2.45) is 0 Å². The lowest BCUT2D eigenvalue weighted by molar-refractivity contribution is 2.31. The van der Waals surface area contributed by atoms with Gasteiger partial charge in [0.05, 0.1) is 0 Å². The normalized spacial score (nSPS) is 3.62. The summed E-state index contributed by atoms with van der Waals surface area (Å²) in [6.45, 7) is 3.27. The summed E-state index contributed by atoms with van der Waals surface area (Å²) >= 11 is 0. The van der Waals surface area contributed by atoms with Crippen molar-refractivity contribution in [2.75, 3.05) is 0 Å². The Hall–Kier alpha value is -2.77. The van der Waals surface area contributed by atoms with Crippen LogP contribution >= 0.6 is 0 Å². The second kappa shape index (κ2) is 9.23. The van der Waals surface area contributed by atoms with Gasteiger partial charge in [0.15, 0.2) is 0 Å². The second-order valence-electron chi connectivity index (χ2n) is 1.43. The van der Waals surface area contributed by atoms with Gasteiger partial charge in [0.2, 0.25) is 0 Å². The average molecular weight is 158 g/mol. The molecule has 0 aliphatic heterocycles. The van der Waals surface area contributed by atoms with E-state index in [2.05, 4.69) is 66.1 Å². The van der Waals surface area contributed by atoms with Crippen LogP contribution in [0.4, 0.5) is 0 Å². The first kappa shape index (κ1) is 10.2. The Kier molecular flexibility index (Phi) is 7.26. The maximum Gasteiger partial charge on any atom is -0.000116 e. The fraction of sp³-hybridized carbons (Fsp3) is 0. The van der Waals surface area contributed by atoms with Crippen LogP contribution in [0.2, 0.25) is 0 Å². The highest BCUT2D eigenvalue weighted by Gasteiger charge is 1.50. The zero-order valence-corrected chi connectivity index (χ0v) is 6.71. The summed E-state index contributed by atoms with van der Waals surface area (Å²) in [6, 6.07) is 0. The summed E-state index contributed by atoms with van der Waals surface area (Å²) in [5, 5.41) is 0. The van der Waals surface area contributed by atoms with Gasteiger partial charge >= 0.3 is 0 Å². The molecule has 0 heteroatoms. The molecule has 0 unspecified atom stereocenters. The van der Waals surface area contributed by atoms with Crippen LogP contribution in [0.25, 0.3) is 0 Å². The third-order valence-corrected chi connectivity index (χ3v) is 0.651. The van der Waals surface area contributed by atoms with Gasteiger partial charge in [-0.25, -0.2) is 11.8 Å². The van der Waals surface area contributed by atoms with E-state index < -0.39 is 0 Å². The fourth-order valence-electron chi connectivity index (χ4n) is 0.294. The summed E-state index contributed by atoms with van der Waals surface area (Å²) in [6.07, 6.45) is 6.42. The van der Waals surface area contributed by atoms with Crippen molar-refractivity contribution < 1.29 is 0 Å². The molecule has 0 spiro atoms. The van der Waals surface area contributed by atoms with Crippen LogP contribution in [-0.2, 0) is 0 Å². The van der Waals surface area contributed by atoms with E-state index in [1.807, 2.05) is 5.92 Å². The molecule has 0 aliphatic rings. The molecular formula is C13H2-2. The molecule has 0 aromatic carbocycles. The molecule has 0 rings (SSSR count). The summed E-state index contributed by atoms with van der Waals surface area (Å²) in [5.41, 5.74) is 0. The van der Waals surface area contributed by atoms with Crippen LogP contribution in [0.1, 0.15) is 0 Å². The molecule has 0 fully saturated rings. The monoisotopic (exact) mass is 158 g/mol. The number of rotatable bonds is 0. The van der Waals surface area contributed by atoms with Crippen molar-refractivity contribution in [1.29, 1.82) is 0 Å². The zero-order chi connectivity index (χ0) is 9.78. The molecular weight excluding hydrogens is 156 g/mol. The molecule has 0 nitrogen and oxygen atoms in total. The Bertz CT molecular complexity index is 498. The third-order valence-electron chi connectivity index (χ3n) is 0.651. The minimum absolute atomic E-state index is 1.87. The molecule has 0 radical (unpaired) electrons. The molecule has 13 heavy (non-hydrogen) atoms. The van der Waals surface area contributed by atoms with Crippen LogP contribution in [-0.4, -0.2) is 0 Å². The van der Waals surface area contributed by atoms with E-state index in [0.717, 1.165) is 0 Å². The molecule has 0 aromatic rings. The lowest BCUT2D eigenvalue weighted by Gasteiger charge is -1.65. The van der Waals surface area contributed by atoms with Crippen LogP contribution in [0, 0.1) is 78.5 Å². The van der Waals surface area contributed by atoms with Gasteiger partial charge in [-0.3, -0.25) is 11.8 Å². The van der Waals surface area contributed by atoms with Gasteiger partial charge in [-0.05, 0) is 29.6 Å². The summed E-state index contributed by atoms with van der Waals surface area (Å²) < 4.78 is 0. The van der Waals surface area contributed by atoms with Crippen molar-refractivity contribution >= 4 is 0 Å². The number of hydrogen-bond donors (Lipinski definition) is 0. The van der Waals surface area contributed by atoms with Gasteiger partial charge in [0.25, 0.3) is 0 Å². The summed E-state index contributed by atoms with van der Waals surface area (Å²) in [5.74, 6) is 25.8. The van der Waals surface area contributed by atoms with E-state index in [0.29, 0.717) is 0 Å². The van der Waals surface area contributed by atoms with E-state index in [1.165, 1.54) is 0 Å². The molecule has 0 heterocycles. The lowest BCUT2D eigenvalue weighted by Crippen LogP contribution is -1.54. The maximum absolute atomic E-state index is 6.42. The molecule has 0 atom stereocenters. The molecule has 0 aromatic heterocycles. The molecule has 0 bridgehead atoms. The minimum atomic E-state index is 1.87. The van der Waals surface area contributed by atoms with Gasteiger partial charge in [0.1, 0.15) is 0 Å².